The van der Waals surface area contributed by atoms with Gasteiger partial charge in [0.25, 0.3) is 5.91 Å². The van der Waals surface area contributed by atoms with Gasteiger partial charge in [-0.1, -0.05) is 43.3 Å². The Labute approximate surface area is 185 Å². The number of carbonyl (C=O) groups excluding carboxylic acids is 3. The molecule has 0 unspecified atom stereocenters. The first-order valence-electron chi connectivity index (χ1n) is 9.96. The van der Waals surface area contributed by atoms with Crippen LogP contribution < -0.4 is 5.32 Å². The first kappa shape index (κ1) is 22.3. The summed E-state index contributed by atoms with van der Waals surface area (Å²) in [6.07, 6.45) is 0.762. The van der Waals surface area contributed by atoms with E-state index in [-0.39, 0.29) is 17.7 Å². The molecule has 0 aliphatic carbocycles. The smallest absolute Gasteiger partial charge is 0.338 e. The lowest BCUT2D eigenvalue weighted by molar-refractivity contribution is 0.0505. The highest BCUT2D eigenvalue weighted by atomic mass is 32.2. The summed E-state index contributed by atoms with van der Waals surface area (Å²) in [6, 6.07) is 22.8. The number of benzene rings is 3. The second-order valence-electron chi connectivity index (χ2n) is 6.77. The number of ketones is 1. The van der Waals surface area contributed by atoms with Gasteiger partial charge in [-0.15, -0.1) is 11.8 Å². The summed E-state index contributed by atoms with van der Waals surface area (Å²) < 4.78 is 5.10. The van der Waals surface area contributed by atoms with Crippen LogP contribution in [-0.4, -0.2) is 30.0 Å². The quantitative estimate of drug-likeness (QED) is 0.275. The molecule has 0 atom stereocenters. The number of nitrogens with one attached hydrogen (secondary N) is 1. The Bertz CT molecular complexity index is 1050. The molecule has 0 aliphatic heterocycles. The fraction of sp³-hybridized carbons (Fsp3) is 0.160. The Morgan fingerprint density at radius 1 is 0.839 bits per heavy atom. The van der Waals surface area contributed by atoms with Crippen molar-refractivity contribution >= 4 is 35.1 Å². The number of thioether (sulfide) groups is 1. The zero-order valence-corrected chi connectivity index (χ0v) is 18.0. The van der Waals surface area contributed by atoms with Crippen molar-refractivity contribution in [3.63, 3.8) is 0 Å². The normalized spacial score (nSPS) is 10.4. The van der Waals surface area contributed by atoms with Crippen LogP contribution in [0.25, 0.3) is 0 Å². The number of esters is 1. The standard InChI is InChI=1S/C25H23NO4S/c1-2-15-30-25(29)19-11-13-21(14-12-19)26-24(28)20-9-6-10-22(16-20)31-17-23(27)18-7-4-3-5-8-18/h3-14,16H,2,15,17H2,1H3,(H,26,28). The first-order chi connectivity index (χ1) is 15.1. The SMILES string of the molecule is CCCOC(=O)c1ccc(NC(=O)c2cccc(SCC(=O)c3ccccc3)c2)cc1. The molecule has 0 aliphatic rings. The van der Waals surface area contributed by atoms with E-state index in [0.29, 0.717) is 34.7 Å². The van der Waals surface area contributed by atoms with Gasteiger partial charge in [0.1, 0.15) is 0 Å². The van der Waals surface area contributed by atoms with Gasteiger partial charge in [0, 0.05) is 21.7 Å². The number of rotatable bonds is 9. The molecule has 5 nitrogen and oxygen atoms in total. The summed E-state index contributed by atoms with van der Waals surface area (Å²) in [5.41, 5.74) is 2.18. The maximum Gasteiger partial charge on any atom is 0.338 e. The van der Waals surface area contributed by atoms with E-state index in [1.54, 1.807) is 54.6 Å². The van der Waals surface area contributed by atoms with Crippen molar-refractivity contribution in [1.82, 2.24) is 0 Å². The summed E-state index contributed by atoms with van der Waals surface area (Å²) in [5, 5.41) is 2.82. The Kier molecular flexibility index (Phi) is 8.01. The van der Waals surface area contributed by atoms with Crippen LogP contribution in [0.1, 0.15) is 44.4 Å². The van der Waals surface area contributed by atoms with Gasteiger partial charge in [0.2, 0.25) is 0 Å². The van der Waals surface area contributed by atoms with E-state index in [4.69, 9.17) is 4.74 Å². The summed E-state index contributed by atoms with van der Waals surface area (Å²) in [6.45, 7) is 2.31. The third-order valence-corrected chi connectivity index (χ3v) is 5.37. The molecular formula is C25H23NO4S. The molecule has 0 spiro atoms. The van der Waals surface area contributed by atoms with Crippen molar-refractivity contribution in [2.75, 3.05) is 17.7 Å². The predicted molar refractivity (Wildman–Crippen MR) is 123 cm³/mol. The molecule has 6 heteroatoms. The lowest BCUT2D eigenvalue weighted by atomic mass is 10.2. The number of amides is 1. The minimum absolute atomic E-state index is 0.0398. The maximum atomic E-state index is 12.6. The molecule has 0 heterocycles. The zero-order valence-electron chi connectivity index (χ0n) is 17.2. The first-order valence-corrected chi connectivity index (χ1v) is 10.9. The van der Waals surface area contributed by atoms with Gasteiger partial charge >= 0.3 is 5.97 Å². The van der Waals surface area contributed by atoms with E-state index < -0.39 is 0 Å². The van der Waals surface area contributed by atoms with Crippen molar-refractivity contribution in [1.29, 1.82) is 0 Å². The Hall–Kier alpha value is -3.38. The molecule has 3 aromatic carbocycles. The molecule has 0 bridgehead atoms. The number of ether oxygens (including phenoxy) is 1. The van der Waals surface area contributed by atoms with Gasteiger partial charge in [0.15, 0.2) is 5.78 Å². The minimum atomic E-state index is -0.380. The highest BCUT2D eigenvalue weighted by molar-refractivity contribution is 8.00. The van der Waals surface area contributed by atoms with E-state index in [9.17, 15) is 14.4 Å². The average Bonchev–Trinajstić information content (AvgIpc) is 2.82. The van der Waals surface area contributed by atoms with Crippen molar-refractivity contribution in [2.24, 2.45) is 0 Å². The molecule has 0 saturated carbocycles. The Morgan fingerprint density at radius 3 is 2.26 bits per heavy atom. The van der Waals surface area contributed by atoms with Crippen molar-refractivity contribution < 1.29 is 19.1 Å². The molecular weight excluding hydrogens is 410 g/mol. The van der Waals surface area contributed by atoms with Gasteiger partial charge in [-0.3, -0.25) is 9.59 Å². The third-order valence-electron chi connectivity index (χ3n) is 4.38. The van der Waals surface area contributed by atoms with Crippen LogP contribution in [0, 0.1) is 0 Å². The van der Waals surface area contributed by atoms with Crippen LogP contribution in [0.4, 0.5) is 5.69 Å². The topological polar surface area (TPSA) is 72.5 Å². The molecule has 3 aromatic rings. The molecule has 3 rings (SSSR count). The van der Waals surface area contributed by atoms with Crippen LogP contribution in [0.2, 0.25) is 0 Å². The molecule has 0 radical (unpaired) electrons. The van der Waals surface area contributed by atoms with Gasteiger partial charge in [-0.05, 0) is 48.9 Å². The molecule has 1 amide bonds. The second kappa shape index (κ2) is 11.1. The molecule has 1 N–H and O–H groups in total. The van der Waals surface area contributed by atoms with Gasteiger partial charge < -0.3 is 10.1 Å². The highest BCUT2D eigenvalue weighted by Crippen LogP contribution is 2.21. The van der Waals surface area contributed by atoms with Crippen LogP contribution in [0.5, 0.6) is 0 Å². The fourth-order valence-corrected chi connectivity index (χ4v) is 3.60. The summed E-state index contributed by atoms with van der Waals surface area (Å²) in [5.74, 6) is -0.310. The van der Waals surface area contributed by atoms with E-state index in [1.807, 2.05) is 31.2 Å². The Balaban J connectivity index is 1.58. The monoisotopic (exact) mass is 433 g/mol. The van der Waals surface area contributed by atoms with E-state index in [0.717, 1.165) is 11.3 Å². The van der Waals surface area contributed by atoms with Gasteiger partial charge in [-0.25, -0.2) is 4.79 Å². The van der Waals surface area contributed by atoms with E-state index >= 15 is 0 Å². The second-order valence-corrected chi connectivity index (χ2v) is 7.82. The maximum absolute atomic E-state index is 12.6. The number of carbonyl (C=O) groups is 3. The number of Topliss-reactive ketones (excluding diaryl/α,β-unsaturated/α-hetero) is 1. The summed E-state index contributed by atoms with van der Waals surface area (Å²) >= 11 is 1.39. The van der Waals surface area contributed by atoms with Crippen molar-refractivity contribution in [2.45, 2.75) is 18.2 Å². The van der Waals surface area contributed by atoms with Crippen LogP contribution in [0.3, 0.4) is 0 Å². The van der Waals surface area contributed by atoms with E-state index in [2.05, 4.69) is 5.32 Å². The predicted octanol–water partition coefficient (Wildman–Crippen LogP) is 5.48. The fourth-order valence-electron chi connectivity index (χ4n) is 2.75. The summed E-state index contributed by atoms with van der Waals surface area (Å²) in [4.78, 5) is 37.6. The molecule has 158 valence electrons. The molecule has 0 saturated heterocycles. The van der Waals surface area contributed by atoms with Crippen molar-refractivity contribution in [3.8, 4) is 0 Å². The summed E-state index contributed by atoms with van der Waals surface area (Å²) in [7, 11) is 0. The lowest BCUT2D eigenvalue weighted by Gasteiger charge is -2.08. The Morgan fingerprint density at radius 2 is 1.55 bits per heavy atom. The number of hydrogen-bond acceptors (Lipinski definition) is 5. The van der Waals surface area contributed by atoms with Crippen LogP contribution in [0.15, 0.2) is 83.8 Å². The average molecular weight is 434 g/mol. The molecule has 0 aromatic heterocycles. The largest absolute Gasteiger partial charge is 0.462 e. The number of hydrogen-bond donors (Lipinski definition) is 1. The zero-order chi connectivity index (χ0) is 22.1. The van der Waals surface area contributed by atoms with Gasteiger partial charge in [-0.2, -0.15) is 0 Å². The van der Waals surface area contributed by atoms with Crippen LogP contribution in [-0.2, 0) is 4.74 Å². The van der Waals surface area contributed by atoms with E-state index in [1.165, 1.54) is 11.8 Å². The third kappa shape index (κ3) is 6.55. The van der Waals surface area contributed by atoms with Gasteiger partial charge in [0.05, 0.1) is 17.9 Å². The molecule has 31 heavy (non-hydrogen) atoms. The lowest BCUT2D eigenvalue weighted by Crippen LogP contribution is -2.12. The minimum Gasteiger partial charge on any atom is -0.462 e. The van der Waals surface area contributed by atoms with Crippen molar-refractivity contribution in [3.05, 3.63) is 95.6 Å². The highest BCUT2D eigenvalue weighted by Gasteiger charge is 2.11. The molecule has 0 fully saturated rings. The van der Waals surface area contributed by atoms with Crippen LogP contribution >= 0.6 is 11.8 Å². The number of anilines is 1.